The van der Waals surface area contributed by atoms with Gasteiger partial charge in [0.25, 0.3) is 5.91 Å². The molecule has 27 heavy (non-hydrogen) atoms. The van der Waals surface area contributed by atoms with E-state index in [2.05, 4.69) is 5.32 Å². The van der Waals surface area contributed by atoms with Crippen LogP contribution in [0, 0.1) is 0 Å². The van der Waals surface area contributed by atoms with Gasteiger partial charge in [0.15, 0.2) is 5.76 Å². The van der Waals surface area contributed by atoms with E-state index in [4.69, 9.17) is 4.42 Å². The summed E-state index contributed by atoms with van der Waals surface area (Å²) in [6.07, 6.45) is 1.93. The van der Waals surface area contributed by atoms with Crippen LogP contribution in [0.2, 0.25) is 0 Å². The van der Waals surface area contributed by atoms with Crippen molar-refractivity contribution < 1.29 is 14.0 Å². The summed E-state index contributed by atoms with van der Waals surface area (Å²) in [5, 5.41) is 3.28. The third kappa shape index (κ3) is 4.81. The van der Waals surface area contributed by atoms with Gasteiger partial charge < -0.3 is 24.4 Å². The van der Waals surface area contributed by atoms with Gasteiger partial charge >= 0.3 is 0 Å². The van der Waals surface area contributed by atoms with Crippen LogP contribution in [0.5, 0.6) is 0 Å². The average Bonchev–Trinajstić information content (AvgIpc) is 3.22. The van der Waals surface area contributed by atoms with Gasteiger partial charge in [-0.15, -0.1) is 0 Å². The SMILES string of the molecule is CN(C)c1ccc(NCCC(=O)N2CCN(C(=O)c3ccco3)CC2)cc1. The predicted octanol–water partition coefficient (Wildman–Crippen LogP) is 2.13. The molecular formula is C20H26N4O3. The molecule has 1 N–H and O–H groups in total. The third-order valence-electron chi connectivity index (χ3n) is 4.70. The molecule has 7 nitrogen and oxygen atoms in total. The van der Waals surface area contributed by atoms with E-state index in [-0.39, 0.29) is 11.8 Å². The lowest BCUT2D eigenvalue weighted by Crippen LogP contribution is -2.50. The fourth-order valence-corrected chi connectivity index (χ4v) is 3.06. The Kier molecular flexibility index (Phi) is 6.01. The molecule has 3 rings (SSSR count). The zero-order chi connectivity index (χ0) is 19.2. The highest BCUT2D eigenvalue weighted by atomic mass is 16.3. The molecule has 144 valence electrons. The first-order chi connectivity index (χ1) is 13.0. The summed E-state index contributed by atoms with van der Waals surface area (Å²) in [7, 11) is 4.01. The second-order valence-corrected chi connectivity index (χ2v) is 6.77. The van der Waals surface area contributed by atoms with Crippen molar-refractivity contribution >= 4 is 23.2 Å². The molecule has 2 heterocycles. The Labute approximate surface area is 159 Å². The van der Waals surface area contributed by atoms with E-state index in [1.807, 2.05) is 48.2 Å². The lowest BCUT2D eigenvalue weighted by Gasteiger charge is -2.34. The number of amides is 2. The Hall–Kier alpha value is -2.96. The Morgan fingerprint density at radius 2 is 1.70 bits per heavy atom. The number of benzene rings is 1. The Morgan fingerprint density at radius 1 is 1.04 bits per heavy atom. The second-order valence-electron chi connectivity index (χ2n) is 6.77. The minimum absolute atomic E-state index is 0.109. The topological polar surface area (TPSA) is 69.0 Å². The zero-order valence-corrected chi connectivity index (χ0v) is 15.9. The van der Waals surface area contributed by atoms with Gasteiger partial charge in [-0.2, -0.15) is 0 Å². The molecule has 0 spiro atoms. The van der Waals surface area contributed by atoms with Crippen LogP contribution in [-0.2, 0) is 4.79 Å². The fourth-order valence-electron chi connectivity index (χ4n) is 3.06. The number of carbonyl (C=O) groups excluding carboxylic acids is 2. The molecule has 7 heteroatoms. The van der Waals surface area contributed by atoms with E-state index in [0.717, 1.165) is 11.4 Å². The van der Waals surface area contributed by atoms with Crippen LogP contribution in [0.25, 0.3) is 0 Å². The molecule has 1 aliphatic heterocycles. The maximum absolute atomic E-state index is 12.4. The van der Waals surface area contributed by atoms with Crippen LogP contribution in [0.15, 0.2) is 47.1 Å². The number of rotatable bonds is 6. The monoisotopic (exact) mass is 370 g/mol. The number of hydrogen-bond acceptors (Lipinski definition) is 5. The van der Waals surface area contributed by atoms with Crippen molar-refractivity contribution in [2.24, 2.45) is 0 Å². The lowest BCUT2D eigenvalue weighted by atomic mass is 10.2. The molecule has 0 atom stereocenters. The first-order valence-electron chi connectivity index (χ1n) is 9.16. The molecule has 1 aromatic heterocycles. The summed E-state index contributed by atoms with van der Waals surface area (Å²) in [6.45, 7) is 2.77. The molecule has 1 saturated heterocycles. The van der Waals surface area contributed by atoms with Crippen molar-refractivity contribution in [1.82, 2.24) is 9.80 Å². The van der Waals surface area contributed by atoms with E-state index in [0.29, 0.717) is 44.9 Å². The summed E-state index contributed by atoms with van der Waals surface area (Å²) in [4.78, 5) is 30.2. The quantitative estimate of drug-likeness (QED) is 0.844. The average molecular weight is 370 g/mol. The fraction of sp³-hybridized carbons (Fsp3) is 0.400. The van der Waals surface area contributed by atoms with Gasteiger partial charge in [-0.05, 0) is 36.4 Å². The van der Waals surface area contributed by atoms with Gasteiger partial charge in [-0.3, -0.25) is 9.59 Å². The van der Waals surface area contributed by atoms with E-state index < -0.39 is 0 Å². The van der Waals surface area contributed by atoms with E-state index in [1.165, 1.54) is 6.26 Å². The largest absolute Gasteiger partial charge is 0.459 e. The van der Waals surface area contributed by atoms with Gasteiger partial charge in [0.1, 0.15) is 0 Å². The molecule has 0 saturated carbocycles. The van der Waals surface area contributed by atoms with Gasteiger partial charge in [0.2, 0.25) is 5.91 Å². The molecule has 1 aromatic carbocycles. The predicted molar refractivity (Wildman–Crippen MR) is 105 cm³/mol. The maximum Gasteiger partial charge on any atom is 0.289 e. The van der Waals surface area contributed by atoms with Gasteiger partial charge in [0, 0.05) is 64.6 Å². The summed E-state index contributed by atoms with van der Waals surface area (Å²) in [5.74, 6) is 0.340. The van der Waals surface area contributed by atoms with Crippen LogP contribution >= 0.6 is 0 Å². The maximum atomic E-state index is 12.4. The molecule has 0 aliphatic carbocycles. The molecule has 1 fully saturated rings. The first kappa shape index (κ1) is 18.8. The standard InChI is InChI=1S/C20H26N4O3/c1-22(2)17-7-5-16(6-8-17)21-10-9-19(25)23-11-13-24(14-12-23)20(26)18-4-3-15-27-18/h3-8,15,21H,9-14H2,1-2H3. The van der Waals surface area contributed by atoms with Crippen molar-refractivity contribution in [3.05, 3.63) is 48.4 Å². The van der Waals surface area contributed by atoms with E-state index in [9.17, 15) is 9.59 Å². The minimum Gasteiger partial charge on any atom is -0.459 e. The molecular weight excluding hydrogens is 344 g/mol. The zero-order valence-electron chi connectivity index (χ0n) is 15.9. The van der Waals surface area contributed by atoms with Gasteiger partial charge in [-0.25, -0.2) is 0 Å². The highest BCUT2D eigenvalue weighted by Crippen LogP contribution is 2.16. The van der Waals surface area contributed by atoms with Crippen molar-refractivity contribution in [3.8, 4) is 0 Å². The van der Waals surface area contributed by atoms with Crippen molar-refractivity contribution in [1.29, 1.82) is 0 Å². The Morgan fingerprint density at radius 3 is 2.30 bits per heavy atom. The Bertz CT molecular complexity index is 748. The van der Waals surface area contributed by atoms with Gasteiger partial charge in [0.05, 0.1) is 6.26 Å². The molecule has 0 bridgehead atoms. The number of anilines is 2. The van der Waals surface area contributed by atoms with Crippen LogP contribution in [0.1, 0.15) is 17.0 Å². The second kappa shape index (κ2) is 8.62. The van der Waals surface area contributed by atoms with Crippen LogP contribution in [-0.4, -0.2) is 68.4 Å². The minimum atomic E-state index is -0.116. The molecule has 2 amide bonds. The van der Waals surface area contributed by atoms with E-state index >= 15 is 0 Å². The summed E-state index contributed by atoms with van der Waals surface area (Å²) in [5.41, 5.74) is 2.14. The first-order valence-corrected chi connectivity index (χ1v) is 9.16. The number of furan rings is 1. The highest BCUT2D eigenvalue weighted by molar-refractivity contribution is 5.91. The molecule has 2 aromatic rings. The summed E-state index contributed by atoms with van der Waals surface area (Å²) < 4.78 is 5.16. The number of nitrogens with zero attached hydrogens (tertiary/aromatic N) is 3. The summed E-state index contributed by atoms with van der Waals surface area (Å²) in [6, 6.07) is 11.5. The normalized spacial score (nSPS) is 14.1. The molecule has 1 aliphatic rings. The van der Waals surface area contributed by atoms with Gasteiger partial charge in [-0.1, -0.05) is 0 Å². The number of carbonyl (C=O) groups is 2. The summed E-state index contributed by atoms with van der Waals surface area (Å²) >= 11 is 0. The highest BCUT2D eigenvalue weighted by Gasteiger charge is 2.25. The van der Waals surface area contributed by atoms with Crippen LogP contribution in [0.4, 0.5) is 11.4 Å². The number of piperazine rings is 1. The Balaban J connectivity index is 1.40. The van der Waals surface area contributed by atoms with Crippen LogP contribution < -0.4 is 10.2 Å². The third-order valence-corrected chi connectivity index (χ3v) is 4.70. The molecule has 0 radical (unpaired) electrons. The lowest BCUT2D eigenvalue weighted by molar-refractivity contribution is -0.132. The molecule has 0 unspecified atom stereocenters. The van der Waals surface area contributed by atoms with Crippen molar-refractivity contribution in [3.63, 3.8) is 0 Å². The van der Waals surface area contributed by atoms with Crippen molar-refractivity contribution in [2.75, 3.05) is 57.0 Å². The number of nitrogens with one attached hydrogen (secondary N) is 1. The van der Waals surface area contributed by atoms with Crippen LogP contribution in [0.3, 0.4) is 0 Å². The van der Waals surface area contributed by atoms with E-state index in [1.54, 1.807) is 17.0 Å². The number of hydrogen-bond donors (Lipinski definition) is 1. The smallest absolute Gasteiger partial charge is 0.289 e. The van der Waals surface area contributed by atoms with Crippen molar-refractivity contribution in [2.45, 2.75) is 6.42 Å².